The first-order chi connectivity index (χ1) is 14.2. The molecular weight excluding hydrogens is 419 g/mol. The van der Waals surface area contributed by atoms with E-state index >= 15 is 0 Å². The lowest BCUT2D eigenvalue weighted by Gasteiger charge is -2.12. The van der Waals surface area contributed by atoms with Crippen molar-refractivity contribution in [3.63, 3.8) is 0 Å². The fourth-order valence-electron chi connectivity index (χ4n) is 2.83. The summed E-state index contributed by atoms with van der Waals surface area (Å²) in [6.07, 6.45) is -4.47. The first-order valence-corrected chi connectivity index (χ1v) is 9.88. The van der Waals surface area contributed by atoms with Gasteiger partial charge in [-0.1, -0.05) is 12.1 Å². The molecule has 2 N–H and O–H groups in total. The van der Waals surface area contributed by atoms with Crippen LogP contribution in [0.5, 0.6) is 0 Å². The minimum atomic E-state index is -4.47. The van der Waals surface area contributed by atoms with Crippen LogP contribution in [0.25, 0.3) is 11.3 Å². The van der Waals surface area contributed by atoms with Crippen molar-refractivity contribution < 1.29 is 27.5 Å². The summed E-state index contributed by atoms with van der Waals surface area (Å²) in [7, 11) is 1.85. The van der Waals surface area contributed by atoms with Gasteiger partial charge >= 0.3 is 6.18 Å². The number of aryl methyl sites for hydroxylation is 1. The molecule has 0 atom stereocenters. The van der Waals surface area contributed by atoms with Gasteiger partial charge in [-0.05, 0) is 32.2 Å². The molecule has 10 heteroatoms. The molecule has 2 aromatic heterocycles. The van der Waals surface area contributed by atoms with Crippen molar-refractivity contribution >= 4 is 22.4 Å². The van der Waals surface area contributed by atoms with E-state index in [4.69, 9.17) is 9.52 Å². The summed E-state index contributed by atoms with van der Waals surface area (Å²) >= 11 is 1.26. The molecule has 1 amide bonds. The number of rotatable bonds is 7. The number of aliphatic hydroxyl groups excluding tert-OH is 1. The molecule has 0 saturated carbocycles. The second kappa shape index (κ2) is 8.99. The molecular formula is C20H20F3N3O3S. The number of alkyl halides is 3. The van der Waals surface area contributed by atoms with Gasteiger partial charge in [-0.2, -0.15) is 13.2 Å². The monoisotopic (exact) mass is 439 g/mol. The quantitative estimate of drug-likeness (QED) is 0.570. The molecule has 0 aliphatic carbocycles. The number of benzene rings is 1. The zero-order chi connectivity index (χ0) is 21.9. The number of nitrogens with zero attached hydrogens (tertiary/aromatic N) is 2. The molecule has 0 fully saturated rings. The Balaban J connectivity index is 1.74. The fraction of sp³-hybridized carbons (Fsp3) is 0.300. The van der Waals surface area contributed by atoms with Gasteiger partial charge in [0.1, 0.15) is 11.5 Å². The number of carbonyl (C=O) groups is 1. The van der Waals surface area contributed by atoms with E-state index < -0.39 is 17.6 Å². The molecule has 0 radical (unpaired) electrons. The van der Waals surface area contributed by atoms with Crippen LogP contribution >= 0.6 is 11.3 Å². The third-order valence-corrected chi connectivity index (χ3v) is 5.13. The number of hydrogen-bond acceptors (Lipinski definition) is 6. The van der Waals surface area contributed by atoms with Crippen LogP contribution in [-0.4, -0.2) is 41.1 Å². The molecule has 3 rings (SSSR count). The highest BCUT2D eigenvalue weighted by molar-refractivity contribution is 7.14. The van der Waals surface area contributed by atoms with Crippen LogP contribution in [0.1, 0.15) is 27.4 Å². The second-order valence-corrected chi connectivity index (χ2v) is 7.58. The lowest BCUT2D eigenvalue weighted by Crippen LogP contribution is -2.21. The Kier molecular flexibility index (Phi) is 6.59. The predicted octanol–water partition coefficient (Wildman–Crippen LogP) is 4.41. The number of halogens is 3. The van der Waals surface area contributed by atoms with E-state index in [1.165, 1.54) is 29.5 Å². The van der Waals surface area contributed by atoms with E-state index in [9.17, 15) is 18.0 Å². The average Bonchev–Trinajstić information content (AvgIpc) is 3.27. The summed E-state index contributed by atoms with van der Waals surface area (Å²) < 4.78 is 44.4. The molecule has 0 spiro atoms. The summed E-state index contributed by atoms with van der Waals surface area (Å²) in [6.45, 7) is 2.64. The van der Waals surface area contributed by atoms with Gasteiger partial charge in [0.05, 0.1) is 23.4 Å². The summed E-state index contributed by atoms with van der Waals surface area (Å²) in [5.74, 6) is 0.00710. The first-order valence-electron chi connectivity index (χ1n) is 9.00. The number of nitrogens with one attached hydrogen (secondary N) is 1. The number of carbonyl (C=O) groups excluding carboxylic acids is 1. The zero-order valence-electron chi connectivity index (χ0n) is 16.3. The number of furan rings is 1. The highest BCUT2D eigenvalue weighted by Crippen LogP contribution is 2.33. The number of aliphatic hydroxyl groups is 1. The molecule has 0 saturated heterocycles. The molecule has 0 bridgehead atoms. The summed E-state index contributed by atoms with van der Waals surface area (Å²) in [5, 5.41) is 13.8. The van der Waals surface area contributed by atoms with Gasteiger partial charge in [0.25, 0.3) is 5.91 Å². The van der Waals surface area contributed by atoms with E-state index in [1.807, 2.05) is 11.9 Å². The number of anilines is 1. The fourth-order valence-corrected chi connectivity index (χ4v) is 3.52. The molecule has 0 unspecified atom stereocenters. The highest BCUT2D eigenvalue weighted by Gasteiger charge is 2.30. The number of hydrogen-bond donors (Lipinski definition) is 2. The molecule has 3 aromatic rings. The van der Waals surface area contributed by atoms with Gasteiger partial charge < -0.3 is 9.52 Å². The Morgan fingerprint density at radius 2 is 2.10 bits per heavy atom. The minimum absolute atomic E-state index is 0.0399. The molecule has 2 heterocycles. The maximum atomic E-state index is 12.9. The van der Waals surface area contributed by atoms with Crippen molar-refractivity contribution in [2.24, 2.45) is 0 Å². The van der Waals surface area contributed by atoms with E-state index in [2.05, 4.69) is 10.3 Å². The number of thiazole rings is 1. The molecule has 6 nitrogen and oxygen atoms in total. The minimum Gasteiger partial charge on any atom is -0.461 e. The van der Waals surface area contributed by atoms with E-state index in [1.54, 1.807) is 12.3 Å². The third kappa shape index (κ3) is 5.26. The maximum Gasteiger partial charge on any atom is 0.416 e. The van der Waals surface area contributed by atoms with E-state index in [-0.39, 0.29) is 23.5 Å². The lowest BCUT2D eigenvalue weighted by atomic mass is 10.1. The molecule has 1 aromatic carbocycles. The Bertz CT molecular complexity index is 1030. The van der Waals surface area contributed by atoms with Crippen LogP contribution in [0.2, 0.25) is 0 Å². The van der Waals surface area contributed by atoms with Crippen LogP contribution in [0, 0.1) is 6.92 Å². The Morgan fingerprint density at radius 3 is 2.80 bits per heavy atom. The molecule has 160 valence electrons. The van der Waals surface area contributed by atoms with Crippen molar-refractivity contribution in [2.75, 3.05) is 25.5 Å². The highest BCUT2D eigenvalue weighted by atomic mass is 32.1. The van der Waals surface area contributed by atoms with Crippen molar-refractivity contribution in [1.29, 1.82) is 0 Å². The standard InChI is InChI=1S/C20H20F3N3O3S/c1-12-16(9-17(29-12)13-4-3-5-14(8-13)20(21,22)23)18(28)25-19-24-15(11-30-19)10-26(2)6-7-27/h3-5,8-9,11,27H,6-7,10H2,1-2H3,(H,24,25,28). The van der Waals surface area contributed by atoms with Crippen molar-refractivity contribution in [3.8, 4) is 11.3 Å². The van der Waals surface area contributed by atoms with Crippen molar-refractivity contribution in [1.82, 2.24) is 9.88 Å². The summed E-state index contributed by atoms with van der Waals surface area (Å²) in [5.41, 5.74) is 0.411. The predicted molar refractivity (Wildman–Crippen MR) is 107 cm³/mol. The van der Waals surface area contributed by atoms with Gasteiger partial charge in [0.2, 0.25) is 0 Å². The second-order valence-electron chi connectivity index (χ2n) is 6.72. The van der Waals surface area contributed by atoms with Gasteiger partial charge in [-0.25, -0.2) is 4.98 Å². The SMILES string of the molecule is Cc1oc(-c2cccc(C(F)(F)F)c2)cc1C(=O)Nc1nc(CN(C)CCO)cs1. The average molecular weight is 439 g/mol. The van der Waals surface area contributed by atoms with Gasteiger partial charge in [0.15, 0.2) is 5.13 Å². The summed E-state index contributed by atoms with van der Waals surface area (Å²) in [6, 6.07) is 6.16. The van der Waals surface area contributed by atoms with E-state index in [0.29, 0.717) is 24.0 Å². The normalized spacial score (nSPS) is 11.8. The van der Waals surface area contributed by atoms with Crippen LogP contribution in [0.15, 0.2) is 40.1 Å². The number of likely N-dealkylation sites (N-methyl/N-ethyl adjacent to an activating group) is 1. The smallest absolute Gasteiger partial charge is 0.416 e. The van der Waals surface area contributed by atoms with Gasteiger partial charge in [-0.3, -0.25) is 15.0 Å². The van der Waals surface area contributed by atoms with Crippen LogP contribution in [0.3, 0.4) is 0 Å². The maximum absolute atomic E-state index is 12.9. The Morgan fingerprint density at radius 1 is 1.33 bits per heavy atom. The van der Waals surface area contributed by atoms with Gasteiger partial charge in [-0.15, -0.1) is 11.3 Å². The van der Waals surface area contributed by atoms with Crippen LogP contribution in [0.4, 0.5) is 18.3 Å². The number of aromatic nitrogens is 1. The summed E-state index contributed by atoms with van der Waals surface area (Å²) in [4.78, 5) is 18.8. The molecule has 30 heavy (non-hydrogen) atoms. The van der Waals surface area contributed by atoms with E-state index in [0.717, 1.165) is 17.8 Å². The van der Waals surface area contributed by atoms with Crippen molar-refractivity contribution in [3.05, 3.63) is 58.3 Å². The Labute approximate surface area is 175 Å². The van der Waals surface area contributed by atoms with Gasteiger partial charge in [0, 0.05) is 24.0 Å². The van der Waals surface area contributed by atoms with Crippen LogP contribution < -0.4 is 5.32 Å². The lowest BCUT2D eigenvalue weighted by molar-refractivity contribution is -0.137. The topological polar surface area (TPSA) is 78.6 Å². The Hall–Kier alpha value is -2.69. The molecule has 0 aliphatic rings. The molecule has 0 aliphatic heterocycles. The zero-order valence-corrected chi connectivity index (χ0v) is 17.1. The van der Waals surface area contributed by atoms with Crippen molar-refractivity contribution in [2.45, 2.75) is 19.6 Å². The van der Waals surface area contributed by atoms with Crippen LogP contribution in [-0.2, 0) is 12.7 Å². The largest absolute Gasteiger partial charge is 0.461 e. The first kappa shape index (κ1) is 22.0. The number of amides is 1. The third-order valence-electron chi connectivity index (χ3n) is 4.32.